The molecule has 0 bridgehead atoms. The van der Waals surface area contributed by atoms with Crippen LogP contribution >= 0.6 is 22.6 Å². The van der Waals surface area contributed by atoms with Crippen LogP contribution in [0.1, 0.15) is 0 Å². The second-order valence-electron chi connectivity index (χ2n) is 3.34. The van der Waals surface area contributed by atoms with E-state index in [-0.39, 0.29) is 0 Å². The van der Waals surface area contributed by atoms with Crippen molar-refractivity contribution in [3.8, 4) is 0 Å². The summed E-state index contributed by atoms with van der Waals surface area (Å²) >= 11 is 2.50. The van der Waals surface area contributed by atoms with Crippen LogP contribution in [-0.2, 0) is 0 Å². The van der Waals surface area contributed by atoms with Gasteiger partial charge in [-0.15, -0.1) is 0 Å². The van der Waals surface area contributed by atoms with Crippen molar-refractivity contribution in [2.24, 2.45) is 0 Å². The number of hydrogen-bond acceptors (Lipinski definition) is 0. The molecule has 1 radical (unpaired) electrons. The molecule has 0 aliphatic rings. The fourth-order valence-electron chi connectivity index (χ4n) is 1.60. The number of rotatable bonds is 3. The van der Waals surface area contributed by atoms with Crippen molar-refractivity contribution < 1.29 is 0 Å². The molecule has 2 aromatic rings. The van der Waals surface area contributed by atoms with E-state index in [9.17, 15) is 0 Å². The number of hydrogen-bond donors (Lipinski definition) is 0. The van der Waals surface area contributed by atoms with Crippen molar-refractivity contribution in [3.05, 3.63) is 60.7 Å². The summed E-state index contributed by atoms with van der Waals surface area (Å²) in [5.41, 5.74) is 0. The van der Waals surface area contributed by atoms with Gasteiger partial charge in [0.2, 0.25) is 0 Å². The Hall–Kier alpha value is -0.613. The van der Waals surface area contributed by atoms with Gasteiger partial charge in [0.15, 0.2) is 0 Å². The summed E-state index contributed by atoms with van der Waals surface area (Å²) in [5, 5.41) is 3.01. The van der Waals surface area contributed by atoms with Crippen molar-refractivity contribution in [1.29, 1.82) is 0 Å². The molecule has 0 aromatic heterocycles. The van der Waals surface area contributed by atoms with Gasteiger partial charge in [0, 0.05) is 4.05 Å². The van der Waals surface area contributed by atoms with Gasteiger partial charge in [-0.1, -0.05) is 93.6 Å². The van der Waals surface area contributed by atoms with E-state index in [1.165, 1.54) is 14.4 Å². The third-order valence-electron chi connectivity index (χ3n) is 2.38. The normalized spacial score (nSPS) is 10.5. The predicted octanol–water partition coefficient (Wildman–Crippen LogP) is 2.27. The van der Waals surface area contributed by atoms with E-state index < -0.39 is 8.80 Å². The van der Waals surface area contributed by atoms with Crippen LogP contribution in [0.2, 0.25) is 0 Å². The maximum Gasteiger partial charge on any atom is 0.131 e. The van der Waals surface area contributed by atoms with Gasteiger partial charge in [0.1, 0.15) is 8.80 Å². The highest BCUT2D eigenvalue weighted by molar-refractivity contribution is 14.1. The maximum absolute atomic E-state index is 2.50. The number of benzene rings is 2. The maximum atomic E-state index is 2.50. The summed E-state index contributed by atoms with van der Waals surface area (Å²) in [4.78, 5) is 0. The van der Waals surface area contributed by atoms with Gasteiger partial charge in [-0.25, -0.2) is 0 Å². The molecule has 2 rings (SSSR count). The smallest absolute Gasteiger partial charge is 0.0892 e. The Morgan fingerprint density at radius 2 is 1.13 bits per heavy atom. The van der Waals surface area contributed by atoms with E-state index in [2.05, 4.69) is 83.3 Å². The van der Waals surface area contributed by atoms with E-state index >= 15 is 0 Å². The SMILES string of the molecule is IC[Si](c1ccccc1)c1ccccc1. The quantitative estimate of drug-likeness (QED) is 0.462. The lowest BCUT2D eigenvalue weighted by Gasteiger charge is -2.12. The van der Waals surface area contributed by atoms with Gasteiger partial charge in [0.25, 0.3) is 0 Å². The number of halogens is 1. The van der Waals surface area contributed by atoms with Crippen LogP contribution in [0.25, 0.3) is 0 Å². The first kappa shape index (κ1) is 10.9. The third kappa shape index (κ3) is 2.69. The molecule has 0 heterocycles. The summed E-state index contributed by atoms with van der Waals surface area (Å²) in [6.45, 7) is 0. The molecule has 0 saturated carbocycles. The summed E-state index contributed by atoms with van der Waals surface area (Å²) in [6, 6.07) is 21.7. The first-order chi connectivity index (χ1) is 7.42. The Morgan fingerprint density at radius 3 is 1.47 bits per heavy atom. The van der Waals surface area contributed by atoms with Crippen LogP contribution in [-0.4, -0.2) is 12.8 Å². The van der Waals surface area contributed by atoms with Crippen molar-refractivity contribution in [3.63, 3.8) is 0 Å². The van der Waals surface area contributed by atoms with Crippen LogP contribution in [0.4, 0.5) is 0 Å². The van der Waals surface area contributed by atoms with Gasteiger partial charge in [-0.3, -0.25) is 0 Å². The van der Waals surface area contributed by atoms with Crippen LogP contribution in [0, 0.1) is 0 Å². The zero-order chi connectivity index (χ0) is 10.5. The van der Waals surface area contributed by atoms with Gasteiger partial charge < -0.3 is 0 Å². The minimum atomic E-state index is -0.552. The fraction of sp³-hybridized carbons (Fsp3) is 0.0769. The molecule has 15 heavy (non-hydrogen) atoms. The molecule has 0 fully saturated rings. The molecular weight excluding hydrogens is 311 g/mol. The highest BCUT2D eigenvalue weighted by Gasteiger charge is 2.13. The molecular formula is C13H12ISi. The molecule has 0 atom stereocenters. The van der Waals surface area contributed by atoms with Gasteiger partial charge in [0.05, 0.1) is 0 Å². The van der Waals surface area contributed by atoms with Crippen LogP contribution in [0.5, 0.6) is 0 Å². The second-order valence-corrected chi connectivity index (χ2v) is 8.01. The standard InChI is InChI=1S/C13H12ISi/c14-11-15(12-7-3-1-4-8-12)13-9-5-2-6-10-13/h1-10H,11H2. The third-order valence-corrected chi connectivity index (χ3v) is 6.99. The highest BCUT2D eigenvalue weighted by atomic mass is 127. The monoisotopic (exact) mass is 323 g/mol. The molecule has 0 saturated heterocycles. The molecule has 0 spiro atoms. The first-order valence-corrected chi connectivity index (χ1v) is 8.17. The fourth-order valence-corrected chi connectivity index (χ4v) is 6.07. The largest absolute Gasteiger partial charge is 0.131 e. The van der Waals surface area contributed by atoms with E-state index in [1.54, 1.807) is 0 Å². The molecule has 0 amide bonds. The van der Waals surface area contributed by atoms with Crippen LogP contribution in [0.15, 0.2) is 60.7 Å². The summed E-state index contributed by atoms with van der Waals surface area (Å²) in [5.74, 6) is 0. The van der Waals surface area contributed by atoms with Crippen molar-refractivity contribution in [2.45, 2.75) is 0 Å². The summed E-state index contributed by atoms with van der Waals surface area (Å²) < 4.78 is 1.22. The molecule has 0 nitrogen and oxygen atoms in total. The summed E-state index contributed by atoms with van der Waals surface area (Å²) in [7, 11) is -0.552. The average Bonchev–Trinajstić information content (AvgIpc) is 2.33. The molecule has 0 aliphatic heterocycles. The van der Waals surface area contributed by atoms with E-state index in [1.807, 2.05) is 0 Å². The molecule has 0 unspecified atom stereocenters. The lowest BCUT2D eigenvalue weighted by Crippen LogP contribution is -2.43. The average molecular weight is 323 g/mol. The van der Waals surface area contributed by atoms with E-state index in [4.69, 9.17) is 0 Å². The van der Waals surface area contributed by atoms with Crippen molar-refractivity contribution >= 4 is 41.8 Å². The van der Waals surface area contributed by atoms with Gasteiger partial charge in [-0.2, -0.15) is 0 Å². The zero-order valence-electron chi connectivity index (χ0n) is 8.36. The second kappa shape index (κ2) is 5.46. The van der Waals surface area contributed by atoms with Crippen LogP contribution < -0.4 is 10.4 Å². The molecule has 0 aliphatic carbocycles. The molecule has 2 heteroatoms. The van der Waals surface area contributed by atoms with Gasteiger partial charge >= 0.3 is 0 Å². The first-order valence-electron chi connectivity index (χ1n) is 4.94. The highest BCUT2D eigenvalue weighted by Crippen LogP contribution is 1.96. The van der Waals surface area contributed by atoms with Crippen molar-refractivity contribution in [1.82, 2.24) is 0 Å². The zero-order valence-corrected chi connectivity index (χ0v) is 11.5. The van der Waals surface area contributed by atoms with E-state index in [0.717, 1.165) is 0 Å². The lowest BCUT2D eigenvalue weighted by atomic mass is 10.4. The molecule has 2 aromatic carbocycles. The molecule has 0 N–H and O–H groups in total. The Labute approximate surface area is 106 Å². The minimum absolute atomic E-state index is 0.552. The van der Waals surface area contributed by atoms with Crippen molar-refractivity contribution in [2.75, 3.05) is 4.05 Å². The Morgan fingerprint density at radius 1 is 0.733 bits per heavy atom. The van der Waals surface area contributed by atoms with E-state index in [0.29, 0.717) is 0 Å². The topological polar surface area (TPSA) is 0 Å². The van der Waals surface area contributed by atoms with Gasteiger partial charge in [-0.05, 0) is 0 Å². The van der Waals surface area contributed by atoms with Crippen LogP contribution in [0.3, 0.4) is 0 Å². The molecule has 75 valence electrons. The summed E-state index contributed by atoms with van der Waals surface area (Å²) in [6.07, 6.45) is 0. The number of alkyl halides is 1. The Kier molecular flexibility index (Phi) is 3.97. The Bertz CT molecular complexity index is 360. The minimum Gasteiger partial charge on any atom is -0.0892 e. The Balaban J connectivity index is 2.34. The lowest BCUT2D eigenvalue weighted by molar-refractivity contribution is 1.72. The predicted molar refractivity (Wildman–Crippen MR) is 76.8 cm³/mol.